The van der Waals surface area contributed by atoms with Crippen LogP contribution in [0.5, 0.6) is 0 Å². The van der Waals surface area contributed by atoms with Gasteiger partial charge in [0.1, 0.15) is 17.3 Å². The van der Waals surface area contributed by atoms with Crippen molar-refractivity contribution in [3.8, 4) is 0 Å². The predicted octanol–water partition coefficient (Wildman–Crippen LogP) is 2.69. The number of rotatable bonds is 0. The van der Waals surface area contributed by atoms with Gasteiger partial charge in [-0.25, -0.2) is 9.97 Å². The summed E-state index contributed by atoms with van der Waals surface area (Å²) >= 11 is 0. The Kier molecular flexibility index (Phi) is 2.42. The van der Waals surface area contributed by atoms with Crippen LogP contribution >= 0.6 is 0 Å². The van der Waals surface area contributed by atoms with Crippen LogP contribution in [0.2, 0.25) is 0 Å². The van der Waals surface area contributed by atoms with Crippen LogP contribution in [0.25, 0.3) is 11.0 Å². The van der Waals surface area contributed by atoms with Crippen molar-refractivity contribution < 1.29 is 0 Å². The smallest absolute Gasteiger partial charge is 0.146 e. The summed E-state index contributed by atoms with van der Waals surface area (Å²) < 4.78 is 2.24. The van der Waals surface area contributed by atoms with Gasteiger partial charge in [-0.1, -0.05) is 0 Å². The van der Waals surface area contributed by atoms with E-state index < -0.39 is 0 Å². The molecule has 0 atom stereocenters. The number of nitrogen functional groups attached to an aromatic ring is 1. The lowest BCUT2D eigenvalue weighted by Crippen LogP contribution is -2.23. The SMILES string of the molecule is Cc1nc(N)c2c(C)c(C)n(C(C)(C)C)c2n1. The zero-order chi connectivity index (χ0) is 13.0. The first-order valence-electron chi connectivity index (χ1n) is 5.85. The molecule has 0 fully saturated rings. The molecule has 2 rings (SSSR count). The van der Waals surface area contributed by atoms with E-state index in [4.69, 9.17) is 5.73 Å². The molecule has 0 unspecified atom stereocenters. The van der Waals surface area contributed by atoms with Crippen molar-refractivity contribution in [3.05, 3.63) is 17.1 Å². The molecule has 0 aliphatic heterocycles. The molecule has 2 aromatic heterocycles. The molecule has 0 spiro atoms. The third-order valence-electron chi connectivity index (χ3n) is 3.17. The molecule has 17 heavy (non-hydrogen) atoms. The fourth-order valence-corrected chi connectivity index (χ4v) is 2.43. The lowest BCUT2D eigenvalue weighted by atomic mass is 10.1. The van der Waals surface area contributed by atoms with Crippen molar-refractivity contribution in [1.29, 1.82) is 0 Å². The topological polar surface area (TPSA) is 56.7 Å². The van der Waals surface area contributed by atoms with Crippen molar-refractivity contribution in [1.82, 2.24) is 14.5 Å². The number of hydrogen-bond donors (Lipinski definition) is 1. The van der Waals surface area contributed by atoms with Gasteiger partial charge in [-0.15, -0.1) is 0 Å². The molecular formula is C13H20N4. The third-order valence-corrected chi connectivity index (χ3v) is 3.17. The average molecular weight is 232 g/mol. The number of hydrogen-bond acceptors (Lipinski definition) is 3. The molecule has 2 aromatic rings. The predicted molar refractivity (Wildman–Crippen MR) is 71.1 cm³/mol. The van der Waals surface area contributed by atoms with Gasteiger partial charge in [-0.2, -0.15) is 0 Å². The molecule has 2 heterocycles. The van der Waals surface area contributed by atoms with Gasteiger partial charge < -0.3 is 10.3 Å². The molecule has 0 saturated carbocycles. The van der Waals surface area contributed by atoms with E-state index in [1.165, 1.54) is 11.3 Å². The second-order valence-corrected chi connectivity index (χ2v) is 5.57. The molecule has 92 valence electrons. The van der Waals surface area contributed by atoms with Crippen molar-refractivity contribution in [3.63, 3.8) is 0 Å². The minimum absolute atomic E-state index is 0.0101. The van der Waals surface area contributed by atoms with Gasteiger partial charge in [0.05, 0.1) is 5.39 Å². The molecule has 0 radical (unpaired) electrons. The number of aromatic nitrogens is 3. The highest BCUT2D eigenvalue weighted by atomic mass is 15.1. The fourth-order valence-electron chi connectivity index (χ4n) is 2.43. The van der Waals surface area contributed by atoms with Crippen LogP contribution in [0, 0.1) is 20.8 Å². The van der Waals surface area contributed by atoms with Gasteiger partial charge in [0.15, 0.2) is 0 Å². The largest absolute Gasteiger partial charge is 0.383 e. The molecule has 2 N–H and O–H groups in total. The lowest BCUT2D eigenvalue weighted by Gasteiger charge is -2.24. The highest BCUT2D eigenvalue weighted by Gasteiger charge is 2.23. The van der Waals surface area contributed by atoms with E-state index in [2.05, 4.69) is 49.2 Å². The Hall–Kier alpha value is -1.58. The maximum Gasteiger partial charge on any atom is 0.146 e. The highest BCUT2D eigenvalue weighted by Crippen LogP contribution is 2.32. The summed E-state index contributed by atoms with van der Waals surface area (Å²) in [7, 11) is 0. The lowest BCUT2D eigenvalue weighted by molar-refractivity contribution is 0.400. The van der Waals surface area contributed by atoms with Gasteiger partial charge in [0.25, 0.3) is 0 Å². The summed E-state index contributed by atoms with van der Waals surface area (Å²) in [5.74, 6) is 1.30. The number of fused-ring (bicyclic) bond motifs is 1. The molecule has 0 aromatic carbocycles. The van der Waals surface area contributed by atoms with E-state index in [0.717, 1.165) is 16.9 Å². The molecule has 0 amide bonds. The monoisotopic (exact) mass is 232 g/mol. The molecule has 4 nitrogen and oxygen atoms in total. The minimum Gasteiger partial charge on any atom is -0.383 e. The van der Waals surface area contributed by atoms with Gasteiger partial charge in [-0.05, 0) is 47.1 Å². The van der Waals surface area contributed by atoms with Crippen LogP contribution in [0.3, 0.4) is 0 Å². The quantitative estimate of drug-likeness (QED) is 0.759. The summed E-state index contributed by atoms with van der Waals surface area (Å²) in [5, 5.41) is 0.989. The standard InChI is InChI=1S/C13H20N4/c1-7-8(2)17(13(4,5)6)12-10(7)11(14)15-9(3)16-12/h1-6H3,(H2,14,15,16). The Balaban J connectivity index is 2.99. The molecule has 0 aliphatic rings. The minimum atomic E-state index is -0.0101. The normalized spacial score (nSPS) is 12.4. The van der Waals surface area contributed by atoms with Crippen molar-refractivity contribution in [2.45, 2.75) is 47.1 Å². The van der Waals surface area contributed by atoms with Gasteiger partial charge in [0, 0.05) is 11.2 Å². The van der Waals surface area contributed by atoms with Crippen LogP contribution in [-0.2, 0) is 5.54 Å². The number of aryl methyl sites for hydroxylation is 2. The number of nitrogens with zero attached hydrogens (tertiary/aromatic N) is 3. The Morgan fingerprint density at radius 2 is 1.65 bits per heavy atom. The number of nitrogens with two attached hydrogens (primary N) is 1. The maximum absolute atomic E-state index is 6.02. The van der Waals surface area contributed by atoms with Gasteiger partial charge >= 0.3 is 0 Å². The third kappa shape index (κ3) is 1.68. The Morgan fingerprint density at radius 3 is 2.18 bits per heavy atom. The highest BCUT2D eigenvalue weighted by molar-refractivity contribution is 5.91. The van der Waals surface area contributed by atoms with E-state index in [0.29, 0.717) is 5.82 Å². The summed E-state index contributed by atoms with van der Waals surface area (Å²) in [6, 6.07) is 0. The van der Waals surface area contributed by atoms with E-state index in [-0.39, 0.29) is 5.54 Å². The van der Waals surface area contributed by atoms with Crippen LogP contribution in [0.4, 0.5) is 5.82 Å². The first kappa shape index (κ1) is 11.9. The van der Waals surface area contributed by atoms with Crippen LogP contribution in [-0.4, -0.2) is 14.5 Å². The van der Waals surface area contributed by atoms with E-state index >= 15 is 0 Å². The summed E-state index contributed by atoms with van der Waals surface area (Å²) in [5.41, 5.74) is 9.33. The van der Waals surface area contributed by atoms with Crippen molar-refractivity contribution >= 4 is 16.9 Å². The van der Waals surface area contributed by atoms with Crippen LogP contribution < -0.4 is 5.73 Å². The summed E-state index contributed by atoms with van der Waals surface area (Å²) in [6.45, 7) is 12.6. The summed E-state index contributed by atoms with van der Waals surface area (Å²) in [4.78, 5) is 8.81. The second kappa shape index (κ2) is 3.45. The molecule has 0 aliphatic carbocycles. The van der Waals surface area contributed by atoms with Crippen molar-refractivity contribution in [2.24, 2.45) is 0 Å². The molecule has 0 bridgehead atoms. The molecular weight excluding hydrogens is 212 g/mol. The van der Waals surface area contributed by atoms with Gasteiger partial charge in [-0.3, -0.25) is 0 Å². The van der Waals surface area contributed by atoms with E-state index in [1.54, 1.807) is 0 Å². The number of anilines is 1. The van der Waals surface area contributed by atoms with Crippen molar-refractivity contribution in [2.75, 3.05) is 5.73 Å². The fraction of sp³-hybridized carbons (Fsp3) is 0.538. The van der Waals surface area contributed by atoms with E-state index in [1.807, 2.05) is 6.92 Å². The summed E-state index contributed by atoms with van der Waals surface area (Å²) in [6.07, 6.45) is 0. The van der Waals surface area contributed by atoms with Crippen LogP contribution in [0.1, 0.15) is 37.9 Å². The Bertz CT molecular complexity index is 588. The first-order valence-corrected chi connectivity index (χ1v) is 5.85. The zero-order valence-electron chi connectivity index (χ0n) is 11.4. The Labute approximate surface area is 102 Å². The van der Waals surface area contributed by atoms with Gasteiger partial charge in [0.2, 0.25) is 0 Å². The second-order valence-electron chi connectivity index (χ2n) is 5.57. The average Bonchev–Trinajstić information content (AvgIpc) is 2.37. The van der Waals surface area contributed by atoms with Crippen LogP contribution in [0.15, 0.2) is 0 Å². The Morgan fingerprint density at radius 1 is 1.06 bits per heavy atom. The molecule has 4 heteroatoms. The first-order chi connectivity index (χ1) is 7.73. The van der Waals surface area contributed by atoms with E-state index in [9.17, 15) is 0 Å². The zero-order valence-corrected chi connectivity index (χ0v) is 11.4. The maximum atomic E-state index is 6.02. The molecule has 0 saturated heterocycles.